The van der Waals surface area contributed by atoms with Gasteiger partial charge < -0.3 is 19.5 Å². The summed E-state index contributed by atoms with van der Waals surface area (Å²) in [6.45, 7) is 7.86. The maximum atomic E-state index is 13.4. The Labute approximate surface area is 219 Å². The fraction of sp³-hybridized carbons (Fsp3) is 0.429. The van der Waals surface area contributed by atoms with Crippen molar-refractivity contribution in [1.29, 1.82) is 0 Å². The monoisotopic (exact) mass is 524 g/mol. The summed E-state index contributed by atoms with van der Waals surface area (Å²) < 4.78 is 34.3. The van der Waals surface area contributed by atoms with E-state index >= 15 is 0 Å². The molecule has 0 bridgehead atoms. The highest BCUT2D eigenvalue weighted by molar-refractivity contribution is 7.90. The first kappa shape index (κ1) is 26.9. The molecular weight excluding hydrogens is 488 g/mol. The number of hydrogen-bond acceptors (Lipinski definition) is 5. The molecule has 1 aromatic heterocycles. The van der Waals surface area contributed by atoms with E-state index < -0.39 is 9.84 Å². The Hall–Kier alpha value is -3.17. The predicted octanol–water partition coefficient (Wildman–Crippen LogP) is 5.03. The van der Waals surface area contributed by atoms with Crippen LogP contribution >= 0.6 is 0 Å². The number of benzene rings is 2. The highest BCUT2D eigenvalue weighted by atomic mass is 32.2. The fourth-order valence-electron chi connectivity index (χ4n) is 4.47. The molecule has 9 heteroatoms. The molecule has 1 fully saturated rings. The lowest BCUT2D eigenvalue weighted by Gasteiger charge is -2.26. The third kappa shape index (κ3) is 7.20. The van der Waals surface area contributed by atoms with Crippen molar-refractivity contribution < 1.29 is 17.9 Å². The summed E-state index contributed by atoms with van der Waals surface area (Å²) >= 11 is 0. The Morgan fingerprint density at radius 3 is 2.54 bits per heavy atom. The molecule has 2 amide bonds. The van der Waals surface area contributed by atoms with Crippen LogP contribution in [0.25, 0.3) is 0 Å². The lowest BCUT2D eigenvalue weighted by atomic mass is 10.2. The maximum absolute atomic E-state index is 13.4. The zero-order chi connectivity index (χ0) is 26.4. The molecule has 0 radical (unpaired) electrons. The number of amides is 2. The second-order valence-electron chi connectivity index (χ2n) is 10.1. The first-order valence-corrected chi connectivity index (χ1v) is 14.4. The molecule has 1 aliphatic heterocycles. The molecule has 3 aromatic rings. The number of aromatic nitrogens is 2. The third-order valence-electron chi connectivity index (χ3n) is 6.32. The van der Waals surface area contributed by atoms with E-state index in [1.807, 2.05) is 63.2 Å². The topological polar surface area (TPSA) is 93.5 Å². The molecule has 1 N–H and O–H groups in total. The lowest BCUT2D eigenvalue weighted by molar-refractivity contribution is 0.0812. The lowest BCUT2D eigenvalue weighted by Crippen LogP contribution is -2.40. The van der Waals surface area contributed by atoms with Crippen molar-refractivity contribution in [3.05, 3.63) is 77.6 Å². The quantitative estimate of drug-likeness (QED) is 0.401. The maximum Gasteiger partial charge on any atom is 0.322 e. The number of nitrogens with zero attached hydrogens (tertiary/aromatic N) is 3. The molecule has 4 rings (SSSR count). The predicted molar refractivity (Wildman–Crippen MR) is 144 cm³/mol. The Morgan fingerprint density at radius 2 is 1.89 bits per heavy atom. The number of nitrogens with one attached hydrogen (secondary N) is 1. The van der Waals surface area contributed by atoms with Crippen LogP contribution in [0.1, 0.15) is 43.5 Å². The number of hydrogen-bond donors (Lipinski definition) is 1. The van der Waals surface area contributed by atoms with Crippen LogP contribution < -0.4 is 5.32 Å². The minimum absolute atomic E-state index is 0.0380. The average molecular weight is 525 g/mol. The second-order valence-corrected chi connectivity index (χ2v) is 12.0. The van der Waals surface area contributed by atoms with Gasteiger partial charge in [0.15, 0.2) is 0 Å². The first-order chi connectivity index (χ1) is 17.7. The molecular formula is C28H36N4O4S. The van der Waals surface area contributed by atoms with Gasteiger partial charge in [0.1, 0.15) is 0 Å². The Kier molecular flexibility index (Phi) is 8.66. The molecule has 1 saturated heterocycles. The van der Waals surface area contributed by atoms with Gasteiger partial charge in [0, 0.05) is 25.4 Å². The number of anilines is 1. The van der Waals surface area contributed by atoms with Gasteiger partial charge in [-0.05, 0) is 43.4 Å². The second kappa shape index (κ2) is 11.9. The summed E-state index contributed by atoms with van der Waals surface area (Å²) in [4.78, 5) is 19.4. The Bertz CT molecular complexity index is 1280. The van der Waals surface area contributed by atoms with E-state index in [1.54, 1.807) is 27.8 Å². The number of sulfone groups is 1. The van der Waals surface area contributed by atoms with E-state index in [2.05, 4.69) is 10.3 Å². The summed E-state index contributed by atoms with van der Waals surface area (Å²) in [6, 6.07) is 16.5. The number of carbonyl (C=O) groups is 1. The standard InChI is InChI=1S/C28H36N4O4S/c1-21(2)17-32-25(16-29-28(32)37(34,35)20-23-8-5-4-6-9-23)18-31(19-26-10-7-15-36-26)27(33)30-24-13-11-22(3)12-14-24/h4-6,8-9,11-14,16,21,26H,7,10,15,17-20H2,1-3H3,(H,30,33). The number of imidazole rings is 1. The smallest absolute Gasteiger partial charge is 0.322 e. The van der Waals surface area contributed by atoms with E-state index in [9.17, 15) is 13.2 Å². The molecule has 198 valence electrons. The number of ether oxygens (including phenoxy) is 1. The van der Waals surface area contributed by atoms with Crippen LogP contribution in [0.15, 0.2) is 66.0 Å². The van der Waals surface area contributed by atoms with E-state index in [1.165, 1.54) is 0 Å². The normalized spacial score (nSPS) is 15.7. The van der Waals surface area contributed by atoms with Gasteiger partial charge in [0.05, 0.1) is 30.3 Å². The average Bonchev–Trinajstić information content (AvgIpc) is 3.51. The van der Waals surface area contributed by atoms with Crippen LogP contribution in [0, 0.1) is 12.8 Å². The van der Waals surface area contributed by atoms with Gasteiger partial charge in [0.2, 0.25) is 15.0 Å². The van der Waals surface area contributed by atoms with Gasteiger partial charge >= 0.3 is 6.03 Å². The van der Waals surface area contributed by atoms with Crippen LogP contribution in [0.3, 0.4) is 0 Å². The van der Waals surface area contributed by atoms with Crippen LogP contribution in [0.5, 0.6) is 0 Å². The van der Waals surface area contributed by atoms with Crippen molar-refractivity contribution in [3.63, 3.8) is 0 Å². The first-order valence-electron chi connectivity index (χ1n) is 12.8. The van der Waals surface area contributed by atoms with Crippen LogP contribution in [-0.2, 0) is 33.4 Å². The molecule has 1 aliphatic rings. The van der Waals surface area contributed by atoms with Gasteiger partial charge in [-0.25, -0.2) is 18.2 Å². The molecule has 2 aromatic carbocycles. The molecule has 0 saturated carbocycles. The van der Waals surface area contributed by atoms with E-state index in [-0.39, 0.29) is 35.5 Å². The van der Waals surface area contributed by atoms with E-state index in [0.717, 1.165) is 18.4 Å². The van der Waals surface area contributed by atoms with Crippen molar-refractivity contribution in [2.45, 2.75) is 63.7 Å². The van der Waals surface area contributed by atoms with Crippen LogP contribution in [-0.4, -0.2) is 48.2 Å². The van der Waals surface area contributed by atoms with Gasteiger partial charge in [-0.1, -0.05) is 61.9 Å². The fourth-order valence-corrected chi connectivity index (χ4v) is 5.97. The minimum Gasteiger partial charge on any atom is -0.376 e. The highest BCUT2D eigenvalue weighted by Gasteiger charge is 2.28. The Morgan fingerprint density at radius 1 is 1.16 bits per heavy atom. The SMILES string of the molecule is Cc1ccc(NC(=O)N(Cc2cnc(S(=O)(=O)Cc3ccccc3)n2CC(C)C)CC2CCCO2)cc1. The number of aryl methyl sites for hydroxylation is 1. The Balaban J connectivity index is 1.61. The summed E-state index contributed by atoms with van der Waals surface area (Å²) in [5, 5.41) is 3.01. The van der Waals surface area contributed by atoms with Crippen molar-refractivity contribution >= 4 is 21.6 Å². The van der Waals surface area contributed by atoms with Crippen LogP contribution in [0.4, 0.5) is 10.5 Å². The van der Waals surface area contributed by atoms with E-state index in [4.69, 9.17) is 4.74 Å². The summed E-state index contributed by atoms with van der Waals surface area (Å²) in [7, 11) is -3.69. The number of urea groups is 1. The molecule has 1 atom stereocenters. The van der Waals surface area contributed by atoms with Crippen molar-refractivity contribution in [2.24, 2.45) is 5.92 Å². The van der Waals surface area contributed by atoms with Crippen molar-refractivity contribution in [1.82, 2.24) is 14.5 Å². The van der Waals surface area contributed by atoms with Gasteiger partial charge in [0.25, 0.3) is 0 Å². The third-order valence-corrected chi connectivity index (χ3v) is 7.91. The number of carbonyl (C=O) groups excluding carboxylic acids is 1. The van der Waals surface area contributed by atoms with Gasteiger partial charge in [-0.2, -0.15) is 0 Å². The minimum atomic E-state index is -3.69. The van der Waals surface area contributed by atoms with Crippen molar-refractivity contribution in [3.8, 4) is 0 Å². The van der Waals surface area contributed by atoms with Gasteiger partial charge in [-0.15, -0.1) is 0 Å². The highest BCUT2D eigenvalue weighted by Crippen LogP contribution is 2.22. The molecule has 1 unspecified atom stereocenters. The summed E-state index contributed by atoms with van der Waals surface area (Å²) in [6.07, 6.45) is 3.38. The molecule has 2 heterocycles. The zero-order valence-electron chi connectivity index (χ0n) is 21.8. The molecule has 8 nitrogen and oxygen atoms in total. The summed E-state index contributed by atoms with van der Waals surface area (Å²) in [5.41, 5.74) is 3.20. The molecule has 0 aliphatic carbocycles. The molecule has 0 spiro atoms. The molecule has 37 heavy (non-hydrogen) atoms. The largest absolute Gasteiger partial charge is 0.376 e. The zero-order valence-corrected chi connectivity index (χ0v) is 22.6. The summed E-state index contributed by atoms with van der Waals surface area (Å²) in [5.74, 6) is 0.0576. The number of rotatable bonds is 10. The van der Waals surface area contributed by atoms with Crippen LogP contribution in [0.2, 0.25) is 0 Å². The van der Waals surface area contributed by atoms with E-state index in [0.29, 0.717) is 36.6 Å². The van der Waals surface area contributed by atoms with Crippen molar-refractivity contribution in [2.75, 3.05) is 18.5 Å². The van der Waals surface area contributed by atoms with Gasteiger partial charge in [-0.3, -0.25) is 0 Å².